The Kier molecular flexibility index (Phi) is 7.59. The summed E-state index contributed by atoms with van der Waals surface area (Å²) in [7, 11) is 0. The number of carbonyl (C=O) groups is 3. The van der Waals surface area contributed by atoms with Crippen molar-refractivity contribution in [1.29, 1.82) is 0 Å². The summed E-state index contributed by atoms with van der Waals surface area (Å²) in [6, 6.07) is -1.32. The maximum Gasteiger partial charge on any atom is 0.411 e. The van der Waals surface area contributed by atoms with Gasteiger partial charge in [0.25, 0.3) is 0 Å². The standard InChI is InChI=1S/C10H15F3N2O5/c11-10(12,13)5-20-4-3-8(17)15-6(9(18)19)1-2-7(14)16/h6H,1-5H2,(H2,14,16)(H,15,17)(H,18,19)/t6-/m1/s1. The van der Waals surface area contributed by atoms with Crippen molar-refractivity contribution in [1.82, 2.24) is 5.32 Å². The van der Waals surface area contributed by atoms with Crippen LogP contribution in [0, 0.1) is 0 Å². The first-order chi connectivity index (χ1) is 9.11. The van der Waals surface area contributed by atoms with E-state index in [2.05, 4.69) is 10.1 Å². The fraction of sp³-hybridized carbons (Fsp3) is 0.700. The van der Waals surface area contributed by atoms with Gasteiger partial charge < -0.3 is 20.9 Å². The molecule has 7 nitrogen and oxygen atoms in total. The van der Waals surface area contributed by atoms with E-state index in [0.717, 1.165) is 0 Å². The molecular formula is C10H15F3N2O5. The van der Waals surface area contributed by atoms with Gasteiger partial charge in [-0.3, -0.25) is 9.59 Å². The van der Waals surface area contributed by atoms with Crippen LogP contribution in [0.25, 0.3) is 0 Å². The van der Waals surface area contributed by atoms with Crippen molar-refractivity contribution < 1.29 is 37.4 Å². The second-order valence-electron chi connectivity index (χ2n) is 3.88. The Labute approximate surface area is 112 Å². The smallest absolute Gasteiger partial charge is 0.411 e. The van der Waals surface area contributed by atoms with Gasteiger partial charge in [0.05, 0.1) is 6.61 Å². The van der Waals surface area contributed by atoms with Crippen LogP contribution < -0.4 is 11.1 Å². The molecule has 1 atom stereocenters. The molecule has 4 N–H and O–H groups in total. The molecular weight excluding hydrogens is 285 g/mol. The lowest BCUT2D eigenvalue weighted by Gasteiger charge is -2.14. The fourth-order valence-electron chi connectivity index (χ4n) is 1.16. The van der Waals surface area contributed by atoms with E-state index in [-0.39, 0.29) is 12.8 Å². The number of ether oxygens (including phenoxy) is 1. The Morgan fingerprint density at radius 1 is 1.25 bits per heavy atom. The average Bonchev–Trinajstić information content (AvgIpc) is 2.28. The van der Waals surface area contributed by atoms with Gasteiger partial charge in [0.15, 0.2) is 0 Å². The molecule has 0 heterocycles. The van der Waals surface area contributed by atoms with Gasteiger partial charge in [-0.25, -0.2) is 4.79 Å². The van der Waals surface area contributed by atoms with E-state index in [4.69, 9.17) is 10.8 Å². The van der Waals surface area contributed by atoms with E-state index in [0.29, 0.717) is 0 Å². The number of amides is 2. The van der Waals surface area contributed by atoms with Crippen molar-refractivity contribution in [3.05, 3.63) is 0 Å². The van der Waals surface area contributed by atoms with Gasteiger partial charge in [-0.15, -0.1) is 0 Å². The van der Waals surface area contributed by atoms with Crippen molar-refractivity contribution in [2.24, 2.45) is 5.73 Å². The van der Waals surface area contributed by atoms with Crippen molar-refractivity contribution >= 4 is 17.8 Å². The van der Waals surface area contributed by atoms with Gasteiger partial charge in [0.2, 0.25) is 11.8 Å². The first-order valence-electron chi connectivity index (χ1n) is 5.57. The van der Waals surface area contributed by atoms with E-state index < -0.39 is 49.6 Å². The van der Waals surface area contributed by atoms with Gasteiger partial charge in [0.1, 0.15) is 12.6 Å². The lowest BCUT2D eigenvalue weighted by Crippen LogP contribution is -2.41. The minimum absolute atomic E-state index is 0.195. The number of primary amides is 1. The zero-order valence-corrected chi connectivity index (χ0v) is 10.4. The number of carboxylic acid groups (broad SMARTS) is 1. The average molecular weight is 300 g/mol. The minimum Gasteiger partial charge on any atom is -0.480 e. The molecule has 0 fully saturated rings. The van der Waals surface area contributed by atoms with Crippen LogP contribution in [0.5, 0.6) is 0 Å². The van der Waals surface area contributed by atoms with Gasteiger partial charge in [-0.2, -0.15) is 13.2 Å². The van der Waals surface area contributed by atoms with Crippen LogP contribution in [-0.4, -0.2) is 48.3 Å². The van der Waals surface area contributed by atoms with Crippen molar-refractivity contribution in [3.63, 3.8) is 0 Å². The topological polar surface area (TPSA) is 119 Å². The molecule has 20 heavy (non-hydrogen) atoms. The lowest BCUT2D eigenvalue weighted by molar-refractivity contribution is -0.174. The van der Waals surface area contributed by atoms with Crippen LogP contribution in [0.2, 0.25) is 0 Å². The summed E-state index contributed by atoms with van der Waals surface area (Å²) >= 11 is 0. The highest BCUT2D eigenvalue weighted by Crippen LogP contribution is 2.14. The maximum atomic E-state index is 11.7. The number of aliphatic carboxylic acids is 1. The molecule has 0 aromatic heterocycles. The maximum absolute atomic E-state index is 11.7. The van der Waals surface area contributed by atoms with Crippen molar-refractivity contribution in [2.45, 2.75) is 31.5 Å². The van der Waals surface area contributed by atoms with Crippen molar-refractivity contribution in [3.8, 4) is 0 Å². The molecule has 0 saturated heterocycles. The Hall–Kier alpha value is -1.84. The number of rotatable bonds is 9. The van der Waals surface area contributed by atoms with Crippen LogP contribution in [0.1, 0.15) is 19.3 Å². The summed E-state index contributed by atoms with van der Waals surface area (Å²) in [6.45, 7) is -1.97. The molecule has 0 radical (unpaired) electrons. The van der Waals surface area contributed by atoms with Crippen LogP contribution in [0.4, 0.5) is 13.2 Å². The third-order valence-electron chi connectivity index (χ3n) is 2.05. The monoisotopic (exact) mass is 300 g/mol. The normalized spacial score (nSPS) is 12.8. The Morgan fingerprint density at radius 3 is 2.30 bits per heavy atom. The molecule has 0 spiro atoms. The Morgan fingerprint density at radius 2 is 1.85 bits per heavy atom. The zero-order chi connectivity index (χ0) is 15.8. The molecule has 2 amide bonds. The first kappa shape index (κ1) is 18.2. The van der Waals surface area contributed by atoms with Crippen LogP contribution in [-0.2, 0) is 19.1 Å². The number of hydrogen-bond donors (Lipinski definition) is 3. The molecule has 0 saturated carbocycles. The molecule has 0 unspecified atom stereocenters. The fourth-order valence-corrected chi connectivity index (χ4v) is 1.16. The molecule has 0 rings (SSSR count). The SMILES string of the molecule is NC(=O)CC[C@@H](NC(=O)CCOCC(F)(F)F)C(=O)O. The predicted molar refractivity (Wildman–Crippen MR) is 59.5 cm³/mol. The zero-order valence-electron chi connectivity index (χ0n) is 10.4. The highest BCUT2D eigenvalue weighted by molar-refractivity contribution is 5.84. The summed E-state index contributed by atoms with van der Waals surface area (Å²) in [5.41, 5.74) is 4.84. The van der Waals surface area contributed by atoms with E-state index >= 15 is 0 Å². The number of carboxylic acids is 1. The van der Waals surface area contributed by atoms with Crippen LogP contribution >= 0.6 is 0 Å². The van der Waals surface area contributed by atoms with Gasteiger partial charge >= 0.3 is 12.1 Å². The molecule has 0 aliphatic carbocycles. The molecule has 0 aliphatic heterocycles. The number of carbonyl (C=O) groups excluding carboxylic acids is 2. The van der Waals surface area contributed by atoms with E-state index in [1.807, 2.05) is 0 Å². The summed E-state index contributed by atoms with van der Waals surface area (Å²) in [5.74, 6) is -2.88. The number of alkyl halides is 3. The number of nitrogens with one attached hydrogen (secondary N) is 1. The molecule has 0 aromatic carbocycles. The van der Waals surface area contributed by atoms with Gasteiger partial charge in [-0.05, 0) is 6.42 Å². The van der Waals surface area contributed by atoms with E-state index in [9.17, 15) is 27.6 Å². The summed E-state index contributed by atoms with van der Waals surface area (Å²) in [5, 5.41) is 10.8. The molecule has 116 valence electrons. The van der Waals surface area contributed by atoms with Gasteiger partial charge in [-0.1, -0.05) is 0 Å². The number of halogens is 3. The predicted octanol–water partition coefficient (Wildman–Crippen LogP) is -0.210. The Balaban J connectivity index is 4.01. The second kappa shape index (κ2) is 8.35. The highest BCUT2D eigenvalue weighted by Gasteiger charge is 2.27. The summed E-state index contributed by atoms with van der Waals surface area (Å²) < 4.78 is 39.4. The quantitative estimate of drug-likeness (QED) is 0.509. The number of hydrogen-bond acceptors (Lipinski definition) is 4. The van der Waals surface area contributed by atoms with Crippen molar-refractivity contribution in [2.75, 3.05) is 13.2 Å². The molecule has 0 bridgehead atoms. The third kappa shape index (κ3) is 10.1. The molecule has 0 aliphatic rings. The molecule has 10 heteroatoms. The van der Waals surface area contributed by atoms with Gasteiger partial charge in [0, 0.05) is 12.8 Å². The third-order valence-corrected chi connectivity index (χ3v) is 2.05. The second-order valence-corrected chi connectivity index (χ2v) is 3.88. The largest absolute Gasteiger partial charge is 0.480 e. The minimum atomic E-state index is -4.48. The van der Waals surface area contributed by atoms with Crippen LogP contribution in [0.15, 0.2) is 0 Å². The van der Waals surface area contributed by atoms with E-state index in [1.54, 1.807) is 0 Å². The lowest BCUT2D eigenvalue weighted by atomic mass is 10.1. The summed E-state index contributed by atoms with van der Waals surface area (Å²) in [4.78, 5) is 32.5. The first-order valence-corrected chi connectivity index (χ1v) is 5.57. The Bertz CT molecular complexity index is 359. The van der Waals surface area contributed by atoms with Crippen LogP contribution in [0.3, 0.4) is 0 Å². The summed E-state index contributed by atoms with van der Waals surface area (Å²) in [6.07, 6.45) is -5.33. The highest BCUT2D eigenvalue weighted by atomic mass is 19.4. The molecule has 0 aromatic rings. The number of nitrogens with two attached hydrogens (primary N) is 1. The van der Waals surface area contributed by atoms with E-state index in [1.165, 1.54) is 0 Å².